The number of H-pyrrole nitrogens is 1. The molecule has 1 aromatic carbocycles. The Balaban J connectivity index is 1.69. The van der Waals surface area contributed by atoms with Crippen LogP contribution >= 0.6 is 11.3 Å². The number of aromatic nitrogens is 2. The Morgan fingerprint density at radius 2 is 1.93 bits per heavy atom. The number of Topliss-reactive ketones (excluding diaryl/α,β-unsaturated/α-hetero) is 1. The maximum Gasteiger partial charge on any atom is 0.339 e. The predicted octanol–water partition coefficient (Wildman–Crippen LogP) is 3.86. The summed E-state index contributed by atoms with van der Waals surface area (Å²) >= 11 is 1.45. The molecule has 2 heterocycles. The van der Waals surface area contributed by atoms with E-state index in [1.165, 1.54) is 31.4 Å². The van der Waals surface area contributed by atoms with Gasteiger partial charge >= 0.3 is 11.9 Å². The molecule has 1 atom stereocenters. The predicted molar refractivity (Wildman–Crippen MR) is 110 cm³/mol. The Bertz CT molecular complexity index is 1090. The van der Waals surface area contributed by atoms with Crippen molar-refractivity contribution in [3.63, 3.8) is 0 Å². The molecule has 0 aliphatic rings. The molecule has 150 valence electrons. The zero-order chi connectivity index (χ0) is 21.1. The highest BCUT2D eigenvalue weighted by atomic mass is 32.1. The van der Waals surface area contributed by atoms with Crippen molar-refractivity contribution in [3.8, 4) is 0 Å². The van der Waals surface area contributed by atoms with Gasteiger partial charge in [-0.2, -0.15) is 0 Å². The van der Waals surface area contributed by atoms with Crippen molar-refractivity contribution in [1.82, 2.24) is 9.97 Å². The van der Waals surface area contributed by atoms with Gasteiger partial charge in [-0.3, -0.25) is 4.79 Å². The van der Waals surface area contributed by atoms with Crippen LogP contribution < -0.4 is 0 Å². The summed E-state index contributed by atoms with van der Waals surface area (Å²) in [4.78, 5) is 44.0. The van der Waals surface area contributed by atoms with Crippen molar-refractivity contribution in [2.45, 2.75) is 26.9 Å². The molecule has 0 radical (unpaired) electrons. The minimum atomic E-state index is -1.02. The topological polar surface area (TPSA) is 98.4 Å². The molecule has 0 amide bonds. The molecule has 0 saturated heterocycles. The lowest BCUT2D eigenvalue weighted by Crippen LogP contribution is -2.24. The van der Waals surface area contributed by atoms with Crippen LogP contribution in [-0.2, 0) is 14.3 Å². The highest BCUT2D eigenvalue weighted by Crippen LogP contribution is 2.23. The molecule has 7 nitrogen and oxygen atoms in total. The molecule has 1 N–H and O–H groups in total. The third kappa shape index (κ3) is 4.27. The highest BCUT2D eigenvalue weighted by molar-refractivity contribution is 7.19. The molecule has 3 aromatic rings. The number of carbonyl (C=O) groups excluding carboxylic acids is 3. The Hall–Kier alpha value is -3.26. The van der Waals surface area contributed by atoms with Crippen LogP contribution in [0.15, 0.2) is 30.3 Å². The van der Waals surface area contributed by atoms with Crippen molar-refractivity contribution >= 4 is 45.4 Å². The number of methoxy groups -OCH3 is 1. The first-order valence-corrected chi connectivity index (χ1v) is 9.69. The first kappa shape index (κ1) is 20.5. The average Bonchev–Trinajstić information content (AvgIpc) is 3.25. The van der Waals surface area contributed by atoms with Gasteiger partial charge in [0.1, 0.15) is 5.01 Å². The number of carbonyl (C=O) groups is 3. The summed E-state index contributed by atoms with van der Waals surface area (Å²) in [5.41, 5.74) is 2.37. The zero-order valence-corrected chi connectivity index (χ0v) is 17.3. The quantitative estimate of drug-likeness (QED) is 0.375. The summed E-state index contributed by atoms with van der Waals surface area (Å²) < 4.78 is 11.0. The maximum absolute atomic E-state index is 12.7. The minimum absolute atomic E-state index is 0.221. The number of thiazole rings is 1. The van der Waals surface area contributed by atoms with E-state index in [1.54, 1.807) is 19.9 Å². The highest BCUT2D eigenvalue weighted by Gasteiger charge is 2.27. The molecule has 0 fully saturated rings. The van der Waals surface area contributed by atoms with E-state index in [-0.39, 0.29) is 5.69 Å². The molecule has 0 aliphatic carbocycles. The van der Waals surface area contributed by atoms with Gasteiger partial charge in [-0.25, -0.2) is 14.6 Å². The fourth-order valence-electron chi connectivity index (χ4n) is 2.98. The molecule has 0 aliphatic heterocycles. The van der Waals surface area contributed by atoms with Gasteiger partial charge in [0.05, 0.1) is 28.6 Å². The van der Waals surface area contributed by atoms with Crippen molar-refractivity contribution in [1.29, 1.82) is 0 Å². The minimum Gasteiger partial charge on any atom is -0.465 e. The molecule has 2 aromatic heterocycles. The zero-order valence-electron chi connectivity index (χ0n) is 16.4. The number of aromatic amines is 1. The van der Waals surface area contributed by atoms with E-state index in [2.05, 4.69) is 9.97 Å². The standard InChI is InChI=1S/C21H20N2O5S/c1-11-18(21(26)27-4)12(2)22-19(11)20(25)13(3)28-17(24)10-9-16-23-14-7-5-6-8-15(14)29-16/h5-10,13,22H,1-4H3/b10-9+. The van der Waals surface area contributed by atoms with Crippen LogP contribution in [-0.4, -0.2) is 40.9 Å². The van der Waals surface area contributed by atoms with Gasteiger partial charge < -0.3 is 14.5 Å². The van der Waals surface area contributed by atoms with Crippen molar-refractivity contribution < 1.29 is 23.9 Å². The lowest BCUT2D eigenvalue weighted by molar-refractivity contribution is -0.140. The average molecular weight is 412 g/mol. The third-order valence-electron chi connectivity index (χ3n) is 4.41. The second kappa shape index (κ2) is 8.40. The van der Waals surface area contributed by atoms with E-state index >= 15 is 0 Å². The molecule has 29 heavy (non-hydrogen) atoms. The summed E-state index contributed by atoms with van der Waals surface area (Å²) in [6.07, 6.45) is 1.78. The fourth-order valence-corrected chi connectivity index (χ4v) is 3.85. The second-order valence-electron chi connectivity index (χ2n) is 6.41. The van der Waals surface area contributed by atoms with Crippen LogP contribution in [0.1, 0.15) is 44.0 Å². The molecule has 0 saturated carbocycles. The number of para-hydroxylation sites is 1. The number of ether oxygens (including phenoxy) is 2. The van der Waals surface area contributed by atoms with E-state index in [4.69, 9.17) is 9.47 Å². The molecule has 0 bridgehead atoms. The summed E-state index contributed by atoms with van der Waals surface area (Å²) in [5, 5.41) is 0.667. The number of hydrogen-bond donors (Lipinski definition) is 1. The van der Waals surface area contributed by atoms with Crippen molar-refractivity contribution in [2.24, 2.45) is 0 Å². The number of nitrogens with one attached hydrogen (secondary N) is 1. The molecular formula is C21H20N2O5S. The van der Waals surface area contributed by atoms with Crippen molar-refractivity contribution in [3.05, 3.63) is 57.9 Å². The number of esters is 2. The van der Waals surface area contributed by atoms with Crippen molar-refractivity contribution in [2.75, 3.05) is 7.11 Å². The Labute approximate surface area is 171 Å². The first-order valence-electron chi connectivity index (χ1n) is 8.87. The van der Waals surface area contributed by atoms with E-state index < -0.39 is 23.8 Å². The van der Waals surface area contributed by atoms with Gasteiger partial charge in [0.15, 0.2) is 6.10 Å². The summed E-state index contributed by atoms with van der Waals surface area (Å²) in [6.45, 7) is 4.80. The first-order chi connectivity index (χ1) is 13.8. The SMILES string of the molecule is COC(=O)c1c(C)[nH]c(C(=O)C(C)OC(=O)/C=C/c2nc3ccccc3s2)c1C. The second-order valence-corrected chi connectivity index (χ2v) is 7.48. The van der Waals surface area contributed by atoms with Crippen LogP contribution in [0.5, 0.6) is 0 Å². The van der Waals surface area contributed by atoms with Gasteiger partial charge in [0.2, 0.25) is 5.78 Å². The monoisotopic (exact) mass is 412 g/mol. The van der Waals surface area contributed by atoms with Gasteiger partial charge in [-0.15, -0.1) is 11.3 Å². The van der Waals surface area contributed by atoms with Crippen LogP contribution in [0.25, 0.3) is 16.3 Å². The fraction of sp³-hybridized carbons (Fsp3) is 0.238. The molecule has 0 spiro atoms. The number of benzene rings is 1. The van der Waals surface area contributed by atoms with E-state index in [1.807, 2.05) is 24.3 Å². The van der Waals surface area contributed by atoms with Crippen LogP contribution in [0, 0.1) is 13.8 Å². The van der Waals surface area contributed by atoms with Gasteiger partial charge in [-0.1, -0.05) is 12.1 Å². The molecule has 1 unspecified atom stereocenters. The maximum atomic E-state index is 12.7. The number of nitrogens with zero attached hydrogens (tertiary/aromatic N) is 1. The lowest BCUT2D eigenvalue weighted by atomic mass is 10.1. The Morgan fingerprint density at radius 3 is 2.62 bits per heavy atom. The number of hydrogen-bond acceptors (Lipinski definition) is 7. The van der Waals surface area contributed by atoms with Crippen LogP contribution in [0.4, 0.5) is 0 Å². The molecule has 3 rings (SSSR count). The largest absolute Gasteiger partial charge is 0.465 e. The molecular weight excluding hydrogens is 392 g/mol. The summed E-state index contributed by atoms with van der Waals surface area (Å²) in [5.74, 6) is -1.61. The summed E-state index contributed by atoms with van der Waals surface area (Å²) in [6, 6.07) is 7.66. The Morgan fingerprint density at radius 1 is 1.21 bits per heavy atom. The lowest BCUT2D eigenvalue weighted by Gasteiger charge is -2.10. The van der Waals surface area contributed by atoms with E-state index in [0.29, 0.717) is 21.8 Å². The number of aryl methyl sites for hydroxylation is 1. The molecule has 8 heteroatoms. The normalized spacial score (nSPS) is 12.3. The third-order valence-corrected chi connectivity index (χ3v) is 5.41. The van der Waals surface area contributed by atoms with E-state index in [0.717, 1.165) is 10.2 Å². The smallest absolute Gasteiger partial charge is 0.339 e. The number of fused-ring (bicyclic) bond motifs is 1. The van der Waals surface area contributed by atoms with Crippen LogP contribution in [0.3, 0.4) is 0 Å². The van der Waals surface area contributed by atoms with Gasteiger partial charge in [0, 0.05) is 11.8 Å². The van der Waals surface area contributed by atoms with Crippen LogP contribution in [0.2, 0.25) is 0 Å². The number of rotatable bonds is 6. The number of ketones is 1. The Kier molecular flexibility index (Phi) is 5.93. The van der Waals surface area contributed by atoms with Gasteiger partial charge in [0.25, 0.3) is 0 Å². The van der Waals surface area contributed by atoms with Gasteiger partial charge in [-0.05, 0) is 44.5 Å². The summed E-state index contributed by atoms with van der Waals surface area (Å²) in [7, 11) is 1.28. The van der Waals surface area contributed by atoms with E-state index in [9.17, 15) is 14.4 Å².